The number of hydrogen-bond donors (Lipinski definition) is 1. The number of halogens is 1. The molecule has 0 radical (unpaired) electrons. The third-order valence-electron chi connectivity index (χ3n) is 5.29. The molecule has 4 rings (SSSR count). The average molecular weight is 415 g/mol. The lowest BCUT2D eigenvalue weighted by atomic mass is 10.0. The minimum Gasteiger partial charge on any atom is -0.490 e. The number of amides is 2. The molecule has 0 aromatic heterocycles. The van der Waals surface area contributed by atoms with E-state index in [-0.39, 0.29) is 17.9 Å². The van der Waals surface area contributed by atoms with Crippen molar-refractivity contribution in [2.45, 2.75) is 25.8 Å². The Hall–Kier alpha value is -2.73. The molecule has 2 unspecified atom stereocenters. The fourth-order valence-corrected chi connectivity index (χ4v) is 3.77. The number of anilines is 1. The number of fused-ring (bicyclic) bond motifs is 1. The van der Waals surface area contributed by atoms with Gasteiger partial charge < -0.3 is 19.7 Å². The van der Waals surface area contributed by atoms with E-state index in [9.17, 15) is 9.59 Å². The zero-order valence-corrected chi connectivity index (χ0v) is 16.9. The molecule has 2 aliphatic heterocycles. The smallest absolute Gasteiger partial charge is 0.239 e. The second-order valence-corrected chi connectivity index (χ2v) is 7.73. The summed E-state index contributed by atoms with van der Waals surface area (Å²) in [5.74, 6) is 0.275. The molecular weight excluding hydrogens is 392 g/mol. The molecule has 0 aliphatic carbocycles. The van der Waals surface area contributed by atoms with Crippen molar-refractivity contribution in [2.75, 3.05) is 24.7 Å². The van der Waals surface area contributed by atoms with Gasteiger partial charge in [0, 0.05) is 23.7 Å². The highest BCUT2D eigenvalue weighted by Gasteiger charge is 2.38. The first-order valence-corrected chi connectivity index (χ1v) is 10.2. The normalized spacial score (nSPS) is 19.6. The Labute approximate surface area is 174 Å². The predicted molar refractivity (Wildman–Crippen MR) is 111 cm³/mol. The van der Waals surface area contributed by atoms with Crippen molar-refractivity contribution in [3.05, 3.63) is 53.1 Å². The van der Waals surface area contributed by atoms with Gasteiger partial charge in [0.15, 0.2) is 11.5 Å². The molecule has 0 bridgehead atoms. The molecule has 7 heteroatoms. The van der Waals surface area contributed by atoms with E-state index in [1.54, 1.807) is 29.2 Å². The maximum Gasteiger partial charge on any atom is 0.239 e. The second-order valence-electron chi connectivity index (χ2n) is 7.29. The number of benzene rings is 2. The van der Waals surface area contributed by atoms with Gasteiger partial charge in [-0.2, -0.15) is 0 Å². The molecule has 1 saturated heterocycles. The maximum atomic E-state index is 12.8. The number of nitrogens with one attached hydrogen (secondary N) is 1. The Bertz CT molecular complexity index is 916. The van der Waals surface area contributed by atoms with Crippen molar-refractivity contribution in [3.63, 3.8) is 0 Å². The summed E-state index contributed by atoms with van der Waals surface area (Å²) in [6.45, 7) is 3.64. The van der Waals surface area contributed by atoms with Gasteiger partial charge in [-0.15, -0.1) is 0 Å². The predicted octanol–water partition coefficient (Wildman–Crippen LogP) is 3.73. The van der Waals surface area contributed by atoms with Crippen LogP contribution in [0.4, 0.5) is 5.69 Å². The summed E-state index contributed by atoms with van der Waals surface area (Å²) in [5.41, 5.74) is 1.66. The molecule has 29 heavy (non-hydrogen) atoms. The lowest BCUT2D eigenvalue weighted by Gasteiger charge is -2.19. The lowest BCUT2D eigenvalue weighted by molar-refractivity contribution is -0.132. The fourth-order valence-electron chi connectivity index (χ4n) is 3.65. The van der Waals surface area contributed by atoms with E-state index in [1.165, 1.54) is 0 Å². The summed E-state index contributed by atoms with van der Waals surface area (Å²) in [6, 6.07) is 12.5. The highest BCUT2D eigenvalue weighted by Crippen LogP contribution is 2.33. The summed E-state index contributed by atoms with van der Waals surface area (Å²) < 4.78 is 11.4. The van der Waals surface area contributed by atoms with Crippen molar-refractivity contribution in [1.29, 1.82) is 0 Å². The van der Waals surface area contributed by atoms with Crippen molar-refractivity contribution < 1.29 is 19.1 Å². The van der Waals surface area contributed by atoms with Gasteiger partial charge in [-0.1, -0.05) is 17.7 Å². The topological polar surface area (TPSA) is 67.9 Å². The molecule has 2 aromatic rings. The molecule has 2 heterocycles. The van der Waals surface area contributed by atoms with E-state index in [2.05, 4.69) is 5.32 Å². The monoisotopic (exact) mass is 414 g/mol. The van der Waals surface area contributed by atoms with Crippen molar-refractivity contribution in [2.24, 2.45) is 5.92 Å². The highest BCUT2D eigenvalue weighted by molar-refractivity contribution is 6.30. The van der Waals surface area contributed by atoms with Gasteiger partial charge >= 0.3 is 0 Å². The van der Waals surface area contributed by atoms with Gasteiger partial charge in [-0.05, 0) is 55.3 Å². The standard InChI is InChI=1S/C22H23ClN2O4/c1-14(15-3-8-19-20(13-15)29-12-2-11-28-19)24-21(26)18-9-10-25(22(18)27)17-6-4-16(23)5-7-17/h3-8,13-14,18H,2,9-12H2,1H3,(H,24,26). The number of rotatable bonds is 4. The Kier molecular flexibility index (Phi) is 5.62. The molecule has 0 spiro atoms. The third kappa shape index (κ3) is 4.17. The molecule has 0 saturated carbocycles. The number of carbonyl (C=O) groups excluding carboxylic acids is 2. The largest absolute Gasteiger partial charge is 0.490 e. The first kappa shape index (κ1) is 19.6. The number of nitrogens with zero attached hydrogens (tertiary/aromatic N) is 1. The number of hydrogen-bond acceptors (Lipinski definition) is 4. The van der Waals surface area contributed by atoms with Crippen LogP contribution in [-0.4, -0.2) is 31.6 Å². The first-order valence-electron chi connectivity index (χ1n) is 9.80. The Balaban J connectivity index is 1.42. The quantitative estimate of drug-likeness (QED) is 0.774. The Morgan fingerprint density at radius 2 is 1.86 bits per heavy atom. The summed E-state index contributed by atoms with van der Waals surface area (Å²) in [4.78, 5) is 27.2. The van der Waals surface area contributed by atoms with Gasteiger partial charge in [-0.25, -0.2) is 0 Å². The van der Waals surface area contributed by atoms with Crippen LogP contribution in [0.1, 0.15) is 31.4 Å². The molecule has 1 N–H and O–H groups in total. The molecule has 2 amide bonds. The minimum absolute atomic E-state index is 0.185. The molecule has 152 valence electrons. The van der Waals surface area contributed by atoms with E-state index in [1.807, 2.05) is 25.1 Å². The highest BCUT2D eigenvalue weighted by atomic mass is 35.5. The van der Waals surface area contributed by atoms with Crippen LogP contribution in [0.3, 0.4) is 0 Å². The molecule has 6 nitrogen and oxygen atoms in total. The zero-order valence-electron chi connectivity index (χ0n) is 16.2. The van der Waals surface area contributed by atoms with Crippen LogP contribution < -0.4 is 19.7 Å². The molecule has 2 aliphatic rings. The number of carbonyl (C=O) groups is 2. The fraction of sp³-hybridized carbons (Fsp3) is 0.364. The van der Waals surface area contributed by atoms with Crippen molar-refractivity contribution in [3.8, 4) is 11.5 Å². The SMILES string of the molecule is CC(NC(=O)C1CCN(c2ccc(Cl)cc2)C1=O)c1ccc2c(c1)OCCCO2. The van der Waals surface area contributed by atoms with E-state index < -0.39 is 5.92 Å². The summed E-state index contributed by atoms with van der Waals surface area (Å²) >= 11 is 5.92. The summed E-state index contributed by atoms with van der Waals surface area (Å²) in [5, 5.41) is 3.58. The second kappa shape index (κ2) is 8.33. The summed E-state index contributed by atoms with van der Waals surface area (Å²) in [7, 11) is 0. The third-order valence-corrected chi connectivity index (χ3v) is 5.54. The van der Waals surface area contributed by atoms with E-state index >= 15 is 0 Å². The van der Waals surface area contributed by atoms with Crippen LogP contribution >= 0.6 is 11.6 Å². The van der Waals surface area contributed by atoms with Gasteiger partial charge in [0.25, 0.3) is 0 Å². The van der Waals surface area contributed by atoms with Crippen LogP contribution in [-0.2, 0) is 9.59 Å². The molecule has 2 aromatic carbocycles. The van der Waals surface area contributed by atoms with E-state index in [4.69, 9.17) is 21.1 Å². The molecular formula is C22H23ClN2O4. The van der Waals surface area contributed by atoms with Crippen molar-refractivity contribution in [1.82, 2.24) is 5.32 Å². The van der Waals surface area contributed by atoms with E-state index in [0.717, 1.165) is 17.7 Å². The van der Waals surface area contributed by atoms with Crippen LogP contribution in [0, 0.1) is 5.92 Å². The van der Waals surface area contributed by atoms with Gasteiger partial charge in [0.05, 0.1) is 19.3 Å². The number of ether oxygens (including phenoxy) is 2. The zero-order chi connectivity index (χ0) is 20.4. The minimum atomic E-state index is -0.687. The molecule has 2 atom stereocenters. The van der Waals surface area contributed by atoms with Gasteiger partial charge in [0.1, 0.15) is 5.92 Å². The maximum absolute atomic E-state index is 12.8. The summed E-state index contributed by atoms with van der Waals surface area (Å²) in [6.07, 6.45) is 1.32. The first-order chi connectivity index (χ1) is 14.0. The van der Waals surface area contributed by atoms with Crippen LogP contribution in [0.5, 0.6) is 11.5 Å². The van der Waals surface area contributed by atoms with Crippen LogP contribution in [0.25, 0.3) is 0 Å². The Morgan fingerprint density at radius 3 is 2.62 bits per heavy atom. The van der Waals surface area contributed by atoms with Crippen LogP contribution in [0.15, 0.2) is 42.5 Å². The van der Waals surface area contributed by atoms with Gasteiger partial charge in [-0.3, -0.25) is 9.59 Å². The Morgan fingerprint density at radius 1 is 1.14 bits per heavy atom. The van der Waals surface area contributed by atoms with Crippen molar-refractivity contribution >= 4 is 29.1 Å². The van der Waals surface area contributed by atoms with Gasteiger partial charge in [0.2, 0.25) is 11.8 Å². The van der Waals surface area contributed by atoms with E-state index in [0.29, 0.717) is 42.7 Å². The molecule has 1 fully saturated rings. The lowest BCUT2D eigenvalue weighted by Crippen LogP contribution is -2.38. The van der Waals surface area contributed by atoms with Crippen LogP contribution in [0.2, 0.25) is 5.02 Å². The average Bonchev–Trinajstić information content (AvgIpc) is 2.95.